The summed E-state index contributed by atoms with van der Waals surface area (Å²) >= 11 is 0. The molecule has 1 aliphatic rings. The zero-order chi connectivity index (χ0) is 12.8. The lowest BCUT2D eigenvalue weighted by atomic mass is 10.0. The molecule has 0 aliphatic carbocycles. The SMILES string of the molecule is Cc1ccccc1NCCC(=O)NCC1CNC1. The number of rotatable bonds is 6. The molecule has 1 fully saturated rings. The van der Waals surface area contributed by atoms with E-state index in [2.05, 4.69) is 28.9 Å². The molecular weight excluding hydrogens is 226 g/mol. The lowest BCUT2D eigenvalue weighted by molar-refractivity contribution is -0.121. The van der Waals surface area contributed by atoms with Gasteiger partial charge >= 0.3 is 0 Å². The Bertz CT molecular complexity index is 402. The van der Waals surface area contributed by atoms with Crippen molar-refractivity contribution in [3.63, 3.8) is 0 Å². The molecule has 0 bridgehead atoms. The highest BCUT2D eigenvalue weighted by atomic mass is 16.1. The zero-order valence-electron chi connectivity index (χ0n) is 10.8. The number of benzene rings is 1. The molecule has 1 amide bonds. The number of hydrogen-bond donors (Lipinski definition) is 3. The highest BCUT2D eigenvalue weighted by Gasteiger charge is 2.16. The van der Waals surface area contributed by atoms with Crippen LogP contribution in [0.25, 0.3) is 0 Å². The second-order valence-corrected chi connectivity index (χ2v) is 4.82. The minimum Gasteiger partial charge on any atom is -0.384 e. The topological polar surface area (TPSA) is 53.2 Å². The maximum absolute atomic E-state index is 11.6. The predicted molar refractivity (Wildman–Crippen MR) is 73.7 cm³/mol. The Kier molecular flexibility index (Phi) is 4.59. The summed E-state index contributed by atoms with van der Waals surface area (Å²) in [4.78, 5) is 11.6. The van der Waals surface area contributed by atoms with Gasteiger partial charge in [0.05, 0.1) is 0 Å². The van der Waals surface area contributed by atoms with Crippen LogP contribution < -0.4 is 16.0 Å². The van der Waals surface area contributed by atoms with Crippen LogP contribution >= 0.6 is 0 Å². The van der Waals surface area contributed by atoms with E-state index in [1.54, 1.807) is 0 Å². The van der Waals surface area contributed by atoms with Crippen LogP contribution in [0.15, 0.2) is 24.3 Å². The van der Waals surface area contributed by atoms with Gasteiger partial charge in [-0.05, 0) is 18.6 Å². The summed E-state index contributed by atoms with van der Waals surface area (Å²) in [7, 11) is 0. The first kappa shape index (κ1) is 12.9. The van der Waals surface area contributed by atoms with Crippen LogP contribution in [0.1, 0.15) is 12.0 Å². The summed E-state index contributed by atoms with van der Waals surface area (Å²) < 4.78 is 0. The zero-order valence-corrected chi connectivity index (χ0v) is 10.8. The van der Waals surface area contributed by atoms with Crippen LogP contribution in [0.2, 0.25) is 0 Å². The van der Waals surface area contributed by atoms with Gasteiger partial charge in [0.25, 0.3) is 0 Å². The van der Waals surface area contributed by atoms with Gasteiger partial charge in [-0.1, -0.05) is 18.2 Å². The van der Waals surface area contributed by atoms with Gasteiger partial charge in [-0.25, -0.2) is 0 Å². The molecule has 98 valence electrons. The maximum Gasteiger partial charge on any atom is 0.221 e. The third-order valence-corrected chi connectivity index (χ3v) is 3.27. The van der Waals surface area contributed by atoms with Gasteiger partial charge in [0.15, 0.2) is 0 Å². The van der Waals surface area contributed by atoms with Crippen LogP contribution in [0.3, 0.4) is 0 Å². The number of nitrogens with one attached hydrogen (secondary N) is 3. The van der Waals surface area contributed by atoms with Crippen molar-refractivity contribution in [1.82, 2.24) is 10.6 Å². The van der Waals surface area contributed by atoms with E-state index in [9.17, 15) is 4.79 Å². The second kappa shape index (κ2) is 6.40. The number of aryl methyl sites for hydroxylation is 1. The molecule has 4 heteroatoms. The number of para-hydroxylation sites is 1. The predicted octanol–water partition coefficient (Wildman–Crippen LogP) is 1.13. The molecule has 1 heterocycles. The molecule has 0 unspecified atom stereocenters. The van der Waals surface area contributed by atoms with Gasteiger partial charge in [-0.3, -0.25) is 4.79 Å². The van der Waals surface area contributed by atoms with Crippen molar-refractivity contribution >= 4 is 11.6 Å². The van der Waals surface area contributed by atoms with Crippen molar-refractivity contribution in [3.8, 4) is 0 Å². The van der Waals surface area contributed by atoms with Crippen molar-refractivity contribution in [3.05, 3.63) is 29.8 Å². The highest BCUT2D eigenvalue weighted by molar-refractivity contribution is 5.76. The van der Waals surface area contributed by atoms with Gasteiger partial charge in [0.1, 0.15) is 0 Å². The van der Waals surface area contributed by atoms with Crippen LogP contribution in [0, 0.1) is 12.8 Å². The Labute approximate surface area is 108 Å². The number of carbonyl (C=O) groups is 1. The van der Waals surface area contributed by atoms with Crippen molar-refractivity contribution in [2.24, 2.45) is 5.92 Å². The lowest BCUT2D eigenvalue weighted by Crippen LogP contribution is -2.48. The van der Waals surface area contributed by atoms with E-state index >= 15 is 0 Å². The normalized spacial score (nSPS) is 14.9. The van der Waals surface area contributed by atoms with Crippen LogP contribution in [-0.4, -0.2) is 32.1 Å². The van der Waals surface area contributed by atoms with E-state index in [1.807, 2.05) is 18.2 Å². The summed E-state index contributed by atoms with van der Waals surface area (Å²) in [6.07, 6.45) is 0.522. The Hall–Kier alpha value is -1.55. The van der Waals surface area contributed by atoms with E-state index in [1.165, 1.54) is 5.56 Å². The smallest absolute Gasteiger partial charge is 0.221 e. The number of amides is 1. The fourth-order valence-electron chi connectivity index (χ4n) is 1.92. The molecule has 0 spiro atoms. The third kappa shape index (κ3) is 3.74. The van der Waals surface area contributed by atoms with Gasteiger partial charge in [-0.15, -0.1) is 0 Å². The summed E-state index contributed by atoms with van der Waals surface area (Å²) in [5, 5.41) is 9.45. The van der Waals surface area contributed by atoms with Crippen molar-refractivity contribution in [2.75, 3.05) is 31.5 Å². The van der Waals surface area contributed by atoms with Gasteiger partial charge in [0, 0.05) is 44.2 Å². The fourth-order valence-corrected chi connectivity index (χ4v) is 1.92. The maximum atomic E-state index is 11.6. The molecule has 18 heavy (non-hydrogen) atoms. The molecule has 2 rings (SSSR count). The standard InChI is InChI=1S/C14H21N3O/c1-11-4-2-3-5-13(11)16-7-6-14(18)17-10-12-8-15-9-12/h2-5,12,15-16H,6-10H2,1H3,(H,17,18). The molecule has 0 aromatic heterocycles. The molecular formula is C14H21N3O. The summed E-state index contributed by atoms with van der Waals surface area (Å²) in [6.45, 7) is 5.60. The number of carbonyl (C=O) groups excluding carboxylic acids is 1. The van der Waals surface area contributed by atoms with Crippen molar-refractivity contribution in [2.45, 2.75) is 13.3 Å². The van der Waals surface area contributed by atoms with Gasteiger partial charge in [-0.2, -0.15) is 0 Å². The molecule has 4 nitrogen and oxygen atoms in total. The molecule has 3 N–H and O–H groups in total. The van der Waals surface area contributed by atoms with Crippen molar-refractivity contribution < 1.29 is 4.79 Å². The second-order valence-electron chi connectivity index (χ2n) is 4.82. The molecule has 0 saturated carbocycles. The Morgan fingerprint density at radius 2 is 2.17 bits per heavy atom. The summed E-state index contributed by atoms with van der Waals surface area (Å²) in [6, 6.07) is 8.11. The van der Waals surface area contributed by atoms with Crippen molar-refractivity contribution in [1.29, 1.82) is 0 Å². The van der Waals surface area contributed by atoms with Gasteiger partial charge < -0.3 is 16.0 Å². The molecule has 1 aromatic carbocycles. The highest BCUT2D eigenvalue weighted by Crippen LogP contribution is 2.12. The van der Waals surface area contributed by atoms with E-state index in [0.717, 1.165) is 25.3 Å². The Morgan fingerprint density at radius 3 is 2.83 bits per heavy atom. The first-order valence-corrected chi connectivity index (χ1v) is 6.52. The molecule has 1 saturated heterocycles. The monoisotopic (exact) mass is 247 g/mol. The summed E-state index contributed by atoms with van der Waals surface area (Å²) in [5.74, 6) is 0.751. The molecule has 0 atom stereocenters. The first-order valence-electron chi connectivity index (χ1n) is 6.52. The number of hydrogen-bond acceptors (Lipinski definition) is 3. The largest absolute Gasteiger partial charge is 0.384 e. The van der Waals surface area contributed by atoms with E-state index in [0.29, 0.717) is 18.9 Å². The van der Waals surface area contributed by atoms with Crippen LogP contribution in [0.5, 0.6) is 0 Å². The van der Waals surface area contributed by atoms with E-state index in [4.69, 9.17) is 0 Å². The minimum absolute atomic E-state index is 0.128. The van der Waals surface area contributed by atoms with Crippen LogP contribution in [-0.2, 0) is 4.79 Å². The molecule has 0 radical (unpaired) electrons. The summed E-state index contributed by atoms with van der Waals surface area (Å²) in [5.41, 5.74) is 2.31. The molecule has 1 aromatic rings. The Morgan fingerprint density at radius 1 is 1.39 bits per heavy atom. The minimum atomic E-state index is 0.128. The average Bonchev–Trinajstić information content (AvgIpc) is 2.30. The van der Waals surface area contributed by atoms with E-state index in [-0.39, 0.29) is 5.91 Å². The number of anilines is 1. The Balaban J connectivity index is 1.62. The first-order chi connectivity index (χ1) is 8.75. The lowest BCUT2D eigenvalue weighted by Gasteiger charge is -2.27. The molecule has 1 aliphatic heterocycles. The fraction of sp³-hybridized carbons (Fsp3) is 0.500. The van der Waals surface area contributed by atoms with E-state index < -0.39 is 0 Å². The third-order valence-electron chi connectivity index (χ3n) is 3.27. The van der Waals surface area contributed by atoms with Crippen LogP contribution in [0.4, 0.5) is 5.69 Å². The quantitative estimate of drug-likeness (QED) is 0.706. The average molecular weight is 247 g/mol. The van der Waals surface area contributed by atoms with Gasteiger partial charge in [0.2, 0.25) is 5.91 Å².